The number of phenolic OH excluding ortho intramolecular Hbond substituents is 1. The molecule has 31 heavy (non-hydrogen) atoms. The summed E-state index contributed by atoms with van der Waals surface area (Å²) in [6.45, 7) is 4.25. The zero-order valence-corrected chi connectivity index (χ0v) is 18.4. The number of likely N-dealkylation sites (tertiary alicyclic amines) is 2. The molecule has 1 amide bonds. The molecule has 2 fully saturated rings. The molecule has 2 aliphatic rings. The first-order valence-electron chi connectivity index (χ1n) is 10.6. The third-order valence-corrected chi connectivity index (χ3v) is 6.53. The quantitative estimate of drug-likeness (QED) is 0.765. The average molecular weight is 427 g/mol. The van der Waals surface area contributed by atoms with Crippen LogP contribution < -0.4 is 14.2 Å². The van der Waals surface area contributed by atoms with Crippen LogP contribution >= 0.6 is 0 Å². The van der Waals surface area contributed by atoms with E-state index in [0.29, 0.717) is 28.6 Å². The van der Waals surface area contributed by atoms with Crippen molar-refractivity contribution in [2.45, 2.75) is 19.4 Å². The highest BCUT2D eigenvalue weighted by atomic mass is 16.5. The van der Waals surface area contributed by atoms with E-state index in [4.69, 9.17) is 14.2 Å². The molecular weight excluding hydrogens is 396 g/mol. The van der Waals surface area contributed by atoms with Gasteiger partial charge in [-0.15, -0.1) is 0 Å². The third-order valence-electron chi connectivity index (χ3n) is 6.53. The highest BCUT2D eigenvalue weighted by Crippen LogP contribution is 2.42. The highest BCUT2D eigenvalue weighted by Gasteiger charge is 2.45. The molecule has 2 aromatic carbocycles. The molecule has 1 spiro atoms. The second-order valence-corrected chi connectivity index (χ2v) is 8.48. The Balaban J connectivity index is 1.36. The zero-order valence-electron chi connectivity index (χ0n) is 18.4. The number of ether oxygens (including phenoxy) is 3. The number of hydrogen-bond donors (Lipinski definition) is 1. The molecule has 4 rings (SSSR count). The lowest BCUT2D eigenvalue weighted by molar-refractivity contribution is -0.0467. The van der Waals surface area contributed by atoms with E-state index in [0.717, 1.165) is 51.1 Å². The van der Waals surface area contributed by atoms with Gasteiger partial charge in [-0.1, -0.05) is 18.2 Å². The van der Waals surface area contributed by atoms with Crippen molar-refractivity contribution in [1.82, 2.24) is 9.80 Å². The predicted molar refractivity (Wildman–Crippen MR) is 117 cm³/mol. The zero-order chi connectivity index (χ0) is 22.0. The fourth-order valence-corrected chi connectivity index (χ4v) is 4.79. The summed E-state index contributed by atoms with van der Waals surface area (Å²) < 4.78 is 16.1. The van der Waals surface area contributed by atoms with E-state index in [1.165, 1.54) is 0 Å². The Morgan fingerprint density at radius 1 is 1.00 bits per heavy atom. The molecule has 2 heterocycles. The van der Waals surface area contributed by atoms with E-state index >= 15 is 0 Å². The van der Waals surface area contributed by atoms with Gasteiger partial charge in [0.2, 0.25) is 5.75 Å². The van der Waals surface area contributed by atoms with Crippen molar-refractivity contribution in [3.63, 3.8) is 0 Å². The fraction of sp³-hybridized carbons (Fsp3) is 0.458. The second kappa shape index (κ2) is 8.67. The van der Waals surface area contributed by atoms with Crippen LogP contribution in [0.3, 0.4) is 0 Å². The summed E-state index contributed by atoms with van der Waals surface area (Å²) in [5, 5.41) is 10.00. The molecule has 166 valence electrons. The minimum atomic E-state index is -0.0144. The summed E-state index contributed by atoms with van der Waals surface area (Å²) in [7, 11) is 4.65. The van der Waals surface area contributed by atoms with Gasteiger partial charge in [-0.05, 0) is 36.5 Å². The summed E-state index contributed by atoms with van der Waals surface area (Å²) in [5.41, 5.74) is 1.78. The van der Waals surface area contributed by atoms with Crippen LogP contribution in [0.15, 0.2) is 36.4 Å². The molecule has 2 aliphatic heterocycles. The van der Waals surface area contributed by atoms with Gasteiger partial charge in [0.05, 0.1) is 21.3 Å². The summed E-state index contributed by atoms with van der Waals surface area (Å²) in [6, 6.07) is 10.9. The molecule has 0 radical (unpaired) electrons. The number of hydrogen-bond acceptors (Lipinski definition) is 6. The van der Waals surface area contributed by atoms with E-state index in [1.54, 1.807) is 39.5 Å². The van der Waals surface area contributed by atoms with Crippen LogP contribution in [0.4, 0.5) is 0 Å². The predicted octanol–water partition coefficient (Wildman–Crippen LogP) is 3.16. The maximum Gasteiger partial charge on any atom is 0.254 e. The van der Waals surface area contributed by atoms with Gasteiger partial charge in [-0.25, -0.2) is 0 Å². The Morgan fingerprint density at radius 2 is 1.61 bits per heavy atom. The van der Waals surface area contributed by atoms with Gasteiger partial charge in [0.25, 0.3) is 5.91 Å². The van der Waals surface area contributed by atoms with E-state index in [9.17, 15) is 9.90 Å². The Hall–Kier alpha value is -2.93. The molecule has 0 aromatic heterocycles. The number of amides is 1. The van der Waals surface area contributed by atoms with Crippen molar-refractivity contribution in [2.24, 2.45) is 5.41 Å². The summed E-state index contributed by atoms with van der Waals surface area (Å²) in [4.78, 5) is 17.4. The number of rotatable bonds is 6. The molecule has 0 aliphatic carbocycles. The van der Waals surface area contributed by atoms with Crippen molar-refractivity contribution in [1.29, 1.82) is 0 Å². The summed E-state index contributed by atoms with van der Waals surface area (Å²) in [5.74, 6) is 1.79. The molecule has 1 N–H and O–H groups in total. The molecule has 7 nitrogen and oxygen atoms in total. The number of para-hydroxylation sites is 1. The number of nitrogens with zero attached hydrogens (tertiary/aromatic N) is 2. The van der Waals surface area contributed by atoms with Gasteiger partial charge in [-0.2, -0.15) is 0 Å². The van der Waals surface area contributed by atoms with Crippen molar-refractivity contribution >= 4 is 5.91 Å². The van der Waals surface area contributed by atoms with Crippen molar-refractivity contribution < 1.29 is 24.1 Å². The van der Waals surface area contributed by atoms with Crippen LogP contribution in [-0.4, -0.2) is 68.3 Å². The van der Waals surface area contributed by atoms with E-state index < -0.39 is 0 Å². The van der Waals surface area contributed by atoms with Gasteiger partial charge in [0, 0.05) is 43.9 Å². The minimum absolute atomic E-state index is 0.0144. The van der Waals surface area contributed by atoms with Crippen LogP contribution in [0.1, 0.15) is 28.8 Å². The summed E-state index contributed by atoms with van der Waals surface area (Å²) in [6.07, 6.45) is 1.97. The Morgan fingerprint density at radius 3 is 2.16 bits per heavy atom. The van der Waals surface area contributed by atoms with Crippen LogP contribution in [0.25, 0.3) is 0 Å². The van der Waals surface area contributed by atoms with E-state index in [1.807, 2.05) is 23.1 Å². The van der Waals surface area contributed by atoms with Crippen molar-refractivity contribution in [3.05, 3.63) is 47.5 Å². The first-order valence-corrected chi connectivity index (χ1v) is 10.6. The van der Waals surface area contributed by atoms with Crippen LogP contribution in [0.2, 0.25) is 0 Å². The van der Waals surface area contributed by atoms with E-state index in [-0.39, 0.29) is 11.3 Å². The number of piperidine rings is 1. The van der Waals surface area contributed by atoms with E-state index in [2.05, 4.69) is 4.90 Å². The lowest BCUT2D eigenvalue weighted by atomic mass is 9.71. The molecule has 0 saturated carbocycles. The maximum absolute atomic E-state index is 13.1. The molecule has 7 heteroatoms. The van der Waals surface area contributed by atoms with Gasteiger partial charge >= 0.3 is 0 Å². The monoisotopic (exact) mass is 426 g/mol. The number of carbonyl (C=O) groups excluding carboxylic acids is 1. The minimum Gasteiger partial charge on any atom is -0.508 e. The Kier molecular flexibility index (Phi) is 5.96. The topological polar surface area (TPSA) is 71.5 Å². The smallest absolute Gasteiger partial charge is 0.254 e. The molecule has 0 atom stereocenters. The fourth-order valence-electron chi connectivity index (χ4n) is 4.79. The number of phenols is 1. The van der Waals surface area contributed by atoms with Crippen molar-refractivity contribution in [2.75, 3.05) is 47.5 Å². The largest absolute Gasteiger partial charge is 0.508 e. The normalized spacial score (nSPS) is 17.8. The van der Waals surface area contributed by atoms with Gasteiger partial charge < -0.3 is 24.2 Å². The Bertz CT molecular complexity index is 920. The second-order valence-electron chi connectivity index (χ2n) is 8.48. The van der Waals surface area contributed by atoms with Gasteiger partial charge in [0.15, 0.2) is 11.5 Å². The number of methoxy groups -OCH3 is 3. The molecule has 2 aromatic rings. The highest BCUT2D eigenvalue weighted by molar-refractivity contribution is 5.95. The Labute approximate surface area is 183 Å². The number of aromatic hydroxyl groups is 1. The molecule has 0 bridgehead atoms. The molecule has 2 saturated heterocycles. The lowest BCUT2D eigenvalue weighted by Gasteiger charge is -2.54. The van der Waals surface area contributed by atoms with Crippen LogP contribution in [0, 0.1) is 5.41 Å². The lowest BCUT2D eigenvalue weighted by Crippen LogP contribution is -2.60. The number of carbonyl (C=O) groups is 1. The standard InChI is InChI=1S/C24H30N2O5/c1-29-20-12-18(13-21(30-2)22(20)31-3)23(28)26-10-8-24(9-11-26)15-25(16-24)14-17-6-4-5-7-19(17)27/h4-7,12-13,27H,8-11,14-16H2,1-3H3. The number of benzene rings is 2. The van der Waals surface area contributed by atoms with Crippen LogP contribution in [0.5, 0.6) is 23.0 Å². The molecule has 0 unspecified atom stereocenters. The van der Waals surface area contributed by atoms with Gasteiger partial charge in [-0.3, -0.25) is 9.69 Å². The molecular formula is C24H30N2O5. The third kappa shape index (κ3) is 4.14. The van der Waals surface area contributed by atoms with Gasteiger partial charge in [0.1, 0.15) is 5.75 Å². The first kappa shape index (κ1) is 21.3. The summed E-state index contributed by atoms with van der Waals surface area (Å²) >= 11 is 0. The first-order chi connectivity index (χ1) is 15.0. The van der Waals surface area contributed by atoms with Crippen molar-refractivity contribution in [3.8, 4) is 23.0 Å². The average Bonchev–Trinajstić information content (AvgIpc) is 2.78. The maximum atomic E-state index is 13.1. The van der Waals surface area contributed by atoms with Crippen LogP contribution in [-0.2, 0) is 6.54 Å². The SMILES string of the molecule is COc1cc(C(=O)N2CCC3(CC2)CN(Cc2ccccc2O)C3)cc(OC)c1OC.